The van der Waals surface area contributed by atoms with Crippen LogP contribution in [-0.2, 0) is 17.1 Å². The maximum Gasteiger partial charge on any atom is 0.238 e. The maximum atomic E-state index is 11.2. The third-order valence-corrected chi connectivity index (χ3v) is 3.51. The molecule has 0 amide bonds. The van der Waals surface area contributed by atoms with Crippen LogP contribution in [0.15, 0.2) is 35.4 Å². The summed E-state index contributed by atoms with van der Waals surface area (Å²) in [6, 6.07) is 5.97. The SMILES string of the molecule is Cn1ncc(C#Cc2cccc(S(N)(=O)=O)c2)c1C=O. The molecule has 0 radical (unpaired) electrons. The first-order valence-corrected chi connectivity index (χ1v) is 7.08. The van der Waals surface area contributed by atoms with Gasteiger partial charge in [0.05, 0.1) is 16.7 Å². The number of hydrogen-bond acceptors (Lipinski definition) is 4. The second-order valence-corrected chi connectivity index (χ2v) is 5.57. The van der Waals surface area contributed by atoms with Crippen molar-refractivity contribution in [1.29, 1.82) is 0 Å². The van der Waals surface area contributed by atoms with Crippen LogP contribution in [0, 0.1) is 11.8 Å². The van der Waals surface area contributed by atoms with E-state index in [2.05, 4.69) is 16.9 Å². The van der Waals surface area contributed by atoms with Crippen molar-refractivity contribution in [3.63, 3.8) is 0 Å². The Morgan fingerprint density at radius 1 is 1.35 bits per heavy atom. The molecule has 7 heteroatoms. The summed E-state index contributed by atoms with van der Waals surface area (Å²) >= 11 is 0. The first kappa shape index (κ1) is 14.0. The highest BCUT2D eigenvalue weighted by molar-refractivity contribution is 7.89. The van der Waals surface area contributed by atoms with Crippen molar-refractivity contribution < 1.29 is 13.2 Å². The van der Waals surface area contributed by atoms with Crippen molar-refractivity contribution >= 4 is 16.3 Å². The number of aldehydes is 1. The molecule has 6 nitrogen and oxygen atoms in total. The number of rotatable bonds is 2. The zero-order chi connectivity index (χ0) is 14.8. The second kappa shape index (κ2) is 5.28. The molecule has 0 aliphatic rings. The molecule has 2 aromatic rings. The minimum atomic E-state index is -3.76. The van der Waals surface area contributed by atoms with Crippen molar-refractivity contribution in [2.24, 2.45) is 12.2 Å². The van der Waals surface area contributed by atoms with E-state index in [0.29, 0.717) is 23.1 Å². The van der Waals surface area contributed by atoms with Gasteiger partial charge in [0.2, 0.25) is 10.0 Å². The molecule has 0 saturated carbocycles. The smallest absolute Gasteiger partial charge is 0.238 e. The fraction of sp³-hybridized carbons (Fsp3) is 0.0769. The Balaban J connectivity index is 2.41. The van der Waals surface area contributed by atoms with E-state index >= 15 is 0 Å². The van der Waals surface area contributed by atoms with Crippen LogP contribution < -0.4 is 5.14 Å². The van der Waals surface area contributed by atoms with Gasteiger partial charge in [-0.3, -0.25) is 9.48 Å². The number of nitrogens with zero attached hydrogens (tertiary/aromatic N) is 2. The van der Waals surface area contributed by atoms with Crippen LogP contribution in [0.2, 0.25) is 0 Å². The number of benzene rings is 1. The lowest BCUT2D eigenvalue weighted by molar-refractivity contribution is 0.111. The van der Waals surface area contributed by atoms with E-state index in [1.54, 1.807) is 19.2 Å². The Hall–Kier alpha value is -2.43. The first-order chi connectivity index (χ1) is 9.41. The van der Waals surface area contributed by atoms with Crippen LogP contribution in [0.25, 0.3) is 0 Å². The lowest BCUT2D eigenvalue weighted by Gasteiger charge is -1.97. The molecule has 20 heavy (non-hydrogen) atoms. The topological polar surface area (TPSA) is 95.1 Å². The van der Waals surface area contributed by atoms with E-state index < -0.39 is 10.0 Å². The Kier molecular flexibility index (Phi) is 3.70. The highest BCUT2D eigenvalue weighted by atomic mass is 32.2. The number of carbonyl (C=O) groups excluding carboxylic acids is 1. The van der Waals surface area contributed by atoms with Gasteiger partial charge in [0.25, 0.3) is 0 Å². The number of carbonyl (C=O) groups is 1. The average Bonchev–Trinajstić information content (AvgIpc) is 2.76. The molecule has 0 fully saturated rings. The Morgan fingerprint density at radius 2 is 2.10 bits per heavy atom. The van der Waals surface area contributed by atoms with Crippen LogP contribution in [0.5, 0.6) is 0 Å². The normalized spacial score (nSPS) is 10.7. The summed E-state index contributed by atoms with van der Waals surface area (Å²) in [5, 5.41) is 8.97. The van der Waals surface area contributed by atoms with Gasteiger partial charge in [-0.1, -0.05) is 17.9 Å². The lowest BCUT2D eigenvalue weighted by atomic mass is 10.2. The average molecular weight is 289 g/mol. The Morgan fingerprint density at radius 3 is 2.75 bits per heavy atom. The van der Waals surface area contributed by atoms with Gasteiger partial charge in [0.1, 0.15) is 5.69 Å². The predicted octanol–water partition coefficient (Wildman–Crippen LogP) is 0.280. The summed E-state index contributed by atoms with van der Waals surface area (Å²) in [7, 11) is -2.12. The third-order valence-electron chi connectivity index (χ3n) is 2.60. The number of aromatic nitrogens is 2. The number of nitrogens with two attached hydrogens (primary N) is 1. The van der Waals surface area contributed by atoms with Gasteiger partial charge < -0.3 is 0 Å². The van der Waals surface area contributed by atoms with Crippen molar-refractivity contribution in [2.75, 3.05) is 0 Å². The molecule has 1 aromatic carbocycles. The van der Waals surface area contributed by atoms with E-state index in [1.165, 1.54) is 23.0 Å². The van der Waals surface area contributed by atoms with E-state index in [-0.39, 0.29) is 4.90 Å². The summed E-state index contributed by atoms with van der Waals surface area (Å²) < 4.78 is 23.9. The quantitative estimate of drug-likeness (QED) is 0.634. The molecule has 2 N–H and O–H groups in total. The van der Waals surface area contributed by atoms with Gasteiger partial charge in [0.15, 0.2) is 6.29 Å². The number of sulfonamides is 1. The molecule has 102 valence electrons. The van der Waals surface area contributed by atoms with Crippen LogP contribution in [0.4, 0.5) is 0 Å². The highest BCUT2D eigenvalue weighted by Gasteiger charge is 2.07. The lowest BCUT2D eigenvalue weighted by Crippen LogP contribution is -2.11. The Bertz CT molecular complexity index is 826. The molecule has 0 aliphatic carbocycles. The molecule has 0 aliphatic heterocycles. The van der Waals surface area contributed by atoms with E-state index in [9.17, 15) is 13.2 Å². The molecule has 1 heterocycles. The zero-order valence-electron chi connectivity index (χ0n) is 10.6. The van der Waals surface area contributed by atoms with Crippen molar-refractivity contribution in [3.8, 4) is 11.8 Å². The minimum absolute atomic E-state index is 0.00824. The summed E-state index contributed by atoms with van der Waals surface area (Å²) in [5.74, 6) is 5.56. The van der Waals surface area contributed by atoms with Gasteiger partial charge in [-0.2, -0.15) is 5.10 Å². The summed E-state index contributed by atoms with van der Waals surface area (Å²) in [6.45, 7) is 0. The first-order valence-electron chi connectivity index (χ1n) is 5.54. The van der Waals surface area contributed by atoms with E-state index in [1.807, 2.05) is 0 Å². The molecule has 2 rings (SSSR count). The van der Waals surface area contributed by atoms with E-state index in [4.69, 9.17) is 5.14 Å². The van der Waals surface area contributed by atoms with Gasteiger partial charge in [-0.15, -0.1) is 0 Å². The molecule has 0 spiro atoms. The number of primary sulfonamides is 1. The standard InChI is InChI=1S/C13H11N3O3S/c1-16-13(9-17)11(8-15-16)6-5-10-3-2-4-12(7-10)20(14,18)19/h2-4,7-9H,1H3,(H2,14,18,19). The van der Waals surface area contributed by atoms with Crippen LogP contribution in [-0.4, -0.2) is 24.5 Å². The van der Waals surface area contributed by atoms with E-state index in [0.717, 1.165) is 0 Å². The van der Waals surface area contributed by atoms with Crippen LogP contribution >= 0.6 is 0 Å². The van der Waals surface area contributed by atoms with Gasteiger partial charge in [-0.05, 0) is 18.2 Å². The molecular formula is C13H11N3O3S. The predicted molar refractivity (Wildman–Crippen MR) is 72.4 cm³/mol. The monoisotopic (exact) mass is 289 g/mol. The second-order valence-electron chi connectivity index (χ2n) is 4.01. The largest absolute Gasteiger partial charge is 0.296 e. The fourth-order valence-electron chi connectivity index (χ4n) is 1.57. The molecule has 0 bridgehead atoms. The fourth-order valence-corrected chi connectivity index (χ4v) is 2.13. The van der Waals surface area contributed by atoms with Crippen LogP contribution in [0.1, 0.15) is 21.6 Å². The number of hydrogen-bond donors (Lipinski definition) is 1. The highest BCUT2D eigenvalue weighted by Crippen LogP contribution is 2.09. The molecule has 0 unspecified atom stereocenters. The van der Waals surface area contributed by atoms with Crippen molar-refractivity contribution in [1.82, 2.24) is 9.78 Å². The van der Waals surface area contributed by atoms with Gasteiger partial charge >= 0.3 is 0 Å². The van der Waals surface area contributed by atoms with Crippen molar-refractivity contribution in [3.05, 3.63) is 47.3 Å². The van der Waals surface area contributed by atoms with Gasteiger partial charge in [0, 0.05) is 12.6 Å². The third kappa shape index (κ3) is 2.93. The summed E-state index contributed by atoms with van der Waals surface area (Å²) in [5.41, 5.74) is 1.32. The zero-order valence-corrected chi connectivity index (χ0v) is 11.4. The molecule has 0 atom stereocenters. The Labute approximate surface area is 116 Å². The summed E-state index contributed by atoms with van der Waals surface area (Å²) in [6.07, 6.45) is 2.14. The maximum absolute atomic E-state index is 11.2. The van der Waals surface area contributed by atoms with Crippen LogP contribution in [0.3, 0.4) is 0 Å². The molecule has 1 aromatic heterocycles. The minimum Gasteiger partial charge on any atom is -0.296 e. The van der Waals surface area contributed by atoms with Crippen molar-refractivity contribution in [2.45, 2.75) is 4.90 Å². The summed E-state index contributed by atoms with van der Waals surface area (Å²) in [4.78, 5) is 10.9. The molecule has 0 saturated heterocycles. The van der Waals surface area contributed by atoms with Gasteiger partial charge in [-0.25, -0.2) is 13.6 Å². The molecular weight excluding hydrogens is 278 g/mol. The number of aryl methyl sites for hydroxylation is 1.